The molecule has 0 aliphatic carbocycles. The van der Waals surface area contributed by atoms with Crippen LogP contribution in [0.4, 0.5) is 11.5 Å². The Bertz CT molecular complexity index is 1560. The van der Waals surface area contributed by atoms with E-state index in [9.17, 15) is 4.79 Å². The molecule has 0 radical (unpaired) electrons. The summed E-state index contributed by atoms with van der Waals surface area (Å²) in [6.45, 7) is 2.10. The molecule has 0 spiro atoms. The Hall–Kier alpha value is -5.06. The highest BCUT2D eigenvalue weighted by Gasteiger charge is 2.25. The van der Waals surface area contributed by atoms with Gasteiger partial charge in [-0.25, -0.2) is 10.1 Å². The summed E-state index contributed by atoms with van der Waals surface area (Å²) < 4.78 is 6.07. The molecule has 0 atom stereocenters. The highest BCUT2D eigenvalue weighted by atomic mass is 16.6. The number of hydrazone groups is 1. The summed E-state index contributed by atoms with van der Waals surface area (Å²) in [4.78, 5) is 15.1. The van der Waals surface area contributed by atoms with E-state index in [4.69, 9.17) is 10.4 Å². The summed E-state index contributed by atoms with van der Waals surface area (Å²) in [5.74, 6) is -0.345. The molecule has 0 saturated heterocycles. The fourth-order valence-corrected chi connectivity index (χ4v) is 3.79. The number of rotatable bonds is 7. The van der Waals surface area contributed by atoms with Gasteiger partial charge in [0.05, 0.1) is 18.0 Å². The van der Waals surface area contributed by atoms with Crippen LogP contribution in [-0.2, 0) is 6.54 Å². The molecule has 180 valence electrons. The minimum absolute atomic E-state index is 0.0284. The molecule has 0 aliphatic rings. The Morgan fingerprint density at radius 1 is 1.06 bits per heavy atom. The highest BCUT2D eigenvalue weighted by Crippen LogP contribution is 2.21. The quantitative estimate of drug-likeness (QED) is 0.267. The maximum Gasteiger partial charge on any atom is 0.293 e. The second-order valence-electron chi connectivity index (χ2n) is 8.16. The minimum Gasteiger partial charge on any atom is -0.378 e. The van der Waals surface area contributed by atoms with Gasteiger partial charge in [-0.15, -0.1) is 5.10 Å². The number of nitrogen functional groups attached to an aromatic ring is 1. The number of aromatic nitrogens is 5. The number of anilines is 2. The lowest BCUT2D eigenvalue weighted by molar-refractivity contribution is 0.0949. The van der Waals surface area contributed by atoms with Crippen LogP contribution >= 0.6 is 0 Å². The largest absolute Gasteiger partial charge is 0.378 e. The zero-order valence-electron chi connectivity index (χ0n) is 19.7. The number of nitrogens with one attached hydrogen (secondary N) is 1. The average molecular weight is 482 g/mol. The Balaban J connectivity index is 1.43. The van der Waals surface area contributed by atoms with Gasteiger partial charge in [-0.3, -0.25) is 4.79 Å². The second-order valence-corrected chi connectivity index (χ2v) is 8.16. The van der Waals surface area contributed by atoms with E-state index in [-0.39, 0.29) is 23.9 Å². The Labute approximate surface area is 206 Å². The van der Waals surface area contributed by atoms with Crippen molar-refractivity contribution in [3.8, 4) is 5.82 Å². The molecule has 3 aromatic carbocycles. The summed E-state index contributed by atoms with van der Waals surface area (Å²) in [5.41, 5.74) is 11.5. The first-order chi connectivity index (χ1) is 17.5. The van der Waals surface area contributed by atoms with Crippen molar-refractivity contribution in [2.45, 2.75) is 13.5 Å². The topological polar surface area (TPSA) is 140 Å². The molecule has 0 bridgehead atoms. The van der Waals surface area contributed by atoms with Crippen LogP contribution in [0.25, 0.3) is 16.6 Å². The number of hydrogen-bond donors (Lipinski definition) is 2. The van der Waals surface area contributed by atoms with Gasteiger partial charge in [0, 0.05) is 12.7 Å². The molecule has 2 aromatic heterocycles. The number of para-hydroxylation sites is 1. The van der Waals surface area contributed by atoms with Crippen LogP contribution in [0, 0.1) is 0 Å². The van der Waals surface area contributed by atoms with Crippen molar-refractivity contribution in [3.63, 3.8) is 0 Å². The van der Waals surface area contributed by atoms with Crippen molar-refractivity contribution < 1.29 is 9.42 Å². The van der Waals surface area contributed by atoms with Gasteiger partial charge in [-0.2, -0.15) is 9.78 Å². The van der Waals surface area contributed by atoms with Crippen molar-refractivity contribution >= 4 is 33.9 Å². The third kappa shape index (κ3) is 4.49. The van der Waals surface area contributed by atoms with Crippen LogP contribution in [0.15, 0.2) is 82.5 Å². The highest BCUT2D eigenvalue weighted by molar-refractivity contribution is 6.03. The molecule has 5 aromatic rings. The molecule has 1 amide bonds. The first-order valence-corrected chi connectivity index (χ1v) is 11.1. The zero-order valence-corrected chi connectivity index (χ0v) is 19.7. The molecule has 3 N–H and O–H groups in total. The van der Waals surface area contributed by atoms with Gasteiger partial charge in [0.25, 0.3) is 5.91 Å². The smallest absolute Gasteiger partial charge is 0.293 e. The summed E-state index contributed by atoms with van der Waals surface area (Å²) in [7, 11) is 1.89. The van der Waals surface area contributed by atoms with Gasteiger partial charge < -0.3 is 10.6 Å². The van der Waals surface area contributed by atoms with E-state index < -0.39 is 5.91 Å². The number of hydrogen-bond acceptors (Lipinski definition) is 9. The van der Waals surface area contributed by atoms with Crippen LogP contribution in [-0.4, -0.2) is 44.0 Å². The van der Waals surface area contributed by atoms with E-state index in [1.54, 1.807) is 0 Å². The maximum atomic E-state index is 13.2. The second kappa shape index (κ2) is 9.66. The van der Waals surface area contributed by atoms with E-state index in [1.165, 1.54) is 4.68 Å². The van der Waals surface area contributed by atoms with Gasteiger partial charge in [-0.1, -0.05) is 59.8 Å². The summed E-state index contributed by atoms with van der Waals surface area (Å²) in [6, 6.07) is 23.8. The van der Waals surface area contributed by atoms with Crippen LogP contribution in [0.2, 0.25) is 0 Å². The van der Waals surface area contributed by atoms with Gasteiger partial charge in [0.1, 0.15) is 0 Å². The van der Waals surface area contributed by atoms with Crippen molar-refractivity contribution in [1.82, 2.24) is 30.7 Å². The maximum absolute atomic E-state index is 13.2. The molecule has 36 heavy (non-hydrogen) atoms. The SMILES string of the molecule is C/C(=N/NC(=O)c1nnn(-c2nonc2N)c1CN(C)c1ccccc1)c1ccc2ccccc2c1. The van der Waals surface area contributed by atoms with E-state index in [0.717, 1.165) is 22.0 Å². The first kappa shape index (κ1) is 22.7. The monoisotopic (exact) mass is 481 g/mol. The Kier molecular flexibility index (Phi) is 6.10. The normalized spacial score (nSPS) is 11.6. The lowest BCUT2D eigenvalue weighted by atomic mass is 10.0. The molecule has 0 fully saturated rings. The summed E-state index contributed by atoms with van der Waals surface area (Å²) >= 11 is 0. The minimum atomic E-state index is -0.520. The Morgan fingerprint density at radius 2 is 1.81 bits per heavy atom. The van der Waals surface area contributed by atoms with Crippen molar-refractivity contribution in [2.24, 2.45) is 5.10 Å². The van der Waals surface area contributed by atoms with Gasteiger partial charge >= 0.3 is 0 Å². The van der Waals surface area contributed by atoms with Gasteiger partial charge in [0.2, 0.25) is 11.6 Å². The molecule has 0 aliphatic heterocycles. The van der Waals surface area contributed by atoms with E-state index in [2.05, 4.69) is 31.2 Å². The predicted octanol–water partition coefficient (Wildman–Crippen LogP) is 3.18. The van der Waals surface area contributed by atoms with Crippen LogP contribution in [0.1, 0.15) is 28.7 Å². The molecule has 11 nitrogen and oxygen atoms in total. The third-order valence-corrected chi connectivity index (χ3v) is 5.75. The molecule has 0 unspecified atom stereocenters. The average Bonchev–Trinajstić information content (AvgIpc) is 3.52. The van der Waals surface area contributed by atoms with Crippen LogP contribution in [0.3, 0.4) is 0 Å². The van der Waals surface area contributed by atoms with Crippen LogP contribution in [0.5, 0.6) is 0 Å². The summed E-state index contributed by atoms with van der Waals surface area (Å²) in [5, 5.41) is 22.1. The number of benzene rings is 3. The van der Waals surface area contributed by atoms with Crippen molar-refractivity contribution in [3.05, 3.63) is 89.7 Å². The number of carbonyl (C=O) groups excluding carboxylic acids is 1. The number of nitrogens with two attached hydrogens (primary N) is 1. The van der Waals surface area contributed by atoms with E-state index >= 15 is 0 Å². The number of nitrogens with zero attached hydrogens (tertiary/aromatic N) is 7. The Morgan fingerprint density at radius 3 is 2.56 bits per heavy atom. The number of amides is 1. The van der Waals surface area contributed by atoms with Gasteiger partial charge in [-0.05, 0) is 51.8 Å². The predicted molar refractivity (Wildman–Crippen MR) is 136 cm³/mol. The van der Waals surface area contributed by atoms with E-state index in [0.29, 0.717) is 11.4 Å². The van der Waals surface area contributed by atoms with Crippen molar-refractivity contribution in [1.29, 1.82) is 0 Å². The number of carbonyl (C=O) groups is 1. The third-order valence-electron chi connectivity index (χ3n) is 5.75. The lowest BCUT2D eigenvalue weighted by Gasteiger charge is -2.19. The molecular formula is C25H23N9O2. The standard InChI is InChI=1S/C25H23N9O2/c1-16(18-13-12-17-8-6-7-9-19(17)14-18)27-29-25(35)22-21(15-33(2)20-10-4-3-5-11-20)34(32-28-22)24-23(26)30-36-31-24/h3-14H,15H2,1-2H3,(H2,26,30)(H,29,35)/b27-16-. The molecule has 11 heteroatoms. The molecule has 2 heterocycles. The zero-order chi connectivity index (χ0) is 25.1. The molecular weight excluding hydrogens is 458 g/mol. The first-order valence-electron chi connectivity index (χ1n) is 11.1. The summed E-state index contributed by atoms with van der Waals surface area (Å²) in [6.07, 6.45) is 0. The van der Waals surface area contributed by atoms with Gasteiger partial charge in [0.15, 0.2) is 5.69 Å². The lowest BCUT2D eigenvalue weighted by Crippen LogP contribution is -2.25. The van der Waals surface area contributed by atoms with E-state index in [1.807, 2.05) is 91.7 Å². The number of fused-ring (bicyclic) bond motifs is 1. The van der Waals surface area contributed by atoms with Crippen molar-refractivity contribution in [2.75, 3.05) is 17.7 Å². The fourth-order valence-electron chi connectivity index (χ4n) is 3.79. The molecule has 5 rings (SSSR count). The molecule has 0 saturated carbocycles. The fraction of sp³-hybridized carbons (Fsp3) is 0.120. The van der Waals surface area contributed by atoms with Crippen LogP contribution < -0.4 is 16.1 Å².